The third kappa shape index (κ3) is 4.29. The molecule has 0 amide bonds. The van der Waals surface area contributed by atoms with Crippen molar-refractivity contribution in [2.75, 3.05) is 13.1 Å². The Balaban J connectivity index is 2.80. The second-order valence-electron chi connectivity index (χ2n) is 3.46. The van der Waals surface area contributed by atoms with Gasteiger partial charge in [0.05, 0.1) is 0 Å². The van der Waals surface area contributed by atoms with Gasteiger partial charge < -0.3 is 0 Å². The van der Waals surface area contributed by atoms with E-state index in [0.29, 0.717) is 0 Å². The summed E-state index contributed by atoms with van der Waals surface area (Å²) in [5, 5.41) is 8.36. The number of nitrogens with zero attached hydrogens (tertiary/aromatic N) is 4. The number of hydrogen-bond acceptors (Lipinski definition) is 3. The summed E-state index contributed by atoms with van der Waals surface area (Å²) in [7, 11) is 0. The molecule has 1 aromatic rings. The molecule has 0 aromatic carbocycles. The molecule has 0 N–H and O–H groups in total. The average Bonchev–Trinajstić information content (AvgIpc) is 2.38. The molecule has 17 heavy (non-hydrogen) atoms. The molecule has 0 saturated carbocycles. The van der Waals surface area contributed by atoms with Crippen molar-refractivity contribution >= 4 is 26.5 Å². The first-order valence-corrected chi connectivity index (χ1v) is 6.50. The minimum atomic E-state index is 0.810. The van der Waals surface area contributed by atoms with E-state index in [0.717, 1.165) is 29.2 Å². The number of amidine groups is 1. The van der Waals surface area contributed by atoms with E-state index in [1.807, 2.05) is 25.1 Å². The van der Waals surface area contributed by atoms with Gasteiger partial charge in [0.2, 0.25) is 0 Å². The van der Waals surface area contributed by atoms with Gasteiger partial charge in [-0.1, -0.05) is 0 Å². The minimum absolute atomic E-state index is 0.810. The maximum atomic E-state index is 4.22. The number of rotatable bonds is 4. The molecule has 0 spiro atoms. The molecule has 1 heterocycles. The second-order valence-corrected chi connectivity index (χ2v) is 4.22. The molecule has 0 unspecified atom stereocenters. The van der Waals surface area contributed by atoms with E-state index in [9.17, 15) is 0 Å². The van der Waals surface area contributed by atoms with Gasteiger partial charge in [-0.15, -0.1) is 0 Å². The van der Waals surface area contributed by atoms with Crippen LogP contribution < -0.4 is 0 Å². The molecule has 1 radical (unpaired) electrons. The van der Waals surface area contributed by atoms with Crippen molar-refractivity contribution in [3.8, 4) is 0 Å². The zero-order valence-electron chi connectivity index (χ0n) is 10.4. The van der Waals surface area contributed by atoms with E-state index in [1.54, 1.807) is 6.20 Å². The molecule has 0 aliphatic heterocycles. The average molecular weight is 296 g/mol. The molecular formula is C12H17N4Se. The molecule has 4 nitrogen and oxygen atoms in total. The predicted octanol–water partition coefficient (Wildman–Crippen LogP) is 1.67. The summed E-state index contributed by atoms with van der Waals surface area (Å²) in [5.41, 5.74) is 1.66. The summed E-state index contributed by atoms with van der Waals surface area (Å²) in [6.07, 6.45) is 1.75. The van der Waals surface area contributed by atoms with E-state index in [-0.39, 0.29) is 0 Å². The molecule has 1 aromatic heterocycles. The van der Waals surface area contributed by atoms with Crippen LogP contribution in [0.3, 0.4) is 0 Å². The van der Waals surface area contributed by atoms with Crippen molar-refractivity contribution in [2.24, 2.45) is 10.2 Å². The van der Waals surface area contributed by atoms with Crippen LogP contribution in [-0.2, 0) is 0 Å². The van der Waals surface area contributed by atoms with Gasteiger partial charge in [0, 0.05) is 0 Å². The molecule has 91 valence electrons. The van der Waals surface area contributed by atoms with Crippen LogP contribution in [0.4, 0.5) is 0 Å². The van der Waals surface area contributed by atoms with E-state index in [1.165, 1.54) is 0 Å². The van der Waals surface area contributed by atoms with Gasteiger partial charge in [-0.05, 0) is 0 Å². The van der Waals surface area contributed by atoms with Crippen molar-refractivity contribution in [1.29, 1.82) is 0 Å². The fourth-order valence-corrected chi connectivity index (χ4v) is 1.93. The third-order valence-corrected chi connectivity index (χ3v) is 3.07. The first-order valence-electron chi connectivity index (χ1n) is 5.64. The molecular weight excluding hydrogens is 279 g/mol. The van der Waals surface area contributed by atoms with Crippen molar-refractivity contribution in [1.82, 2.24) is 9.88 Å². The monoisotopic (exact) mass is 297 g/mol. The van der Waals surface area contributed by atoms with Crippen molar-refractivity contribution in [3.63, 3.8) is 0 Å². The first-order chi connectivity index (χ1) is 8.19. The van der Waals surface area contributed by atoms with E-state index >= 15 is 0 Å². The van der Waals surface area contributed by atoms with Gasteiger partial charge >= 0.3 is 110 Å². The zero-order chi connectivity index (χ0) is 12.7. The van der Waals surface area contributed by atoms with Crippen LogP contribution in [0.2, 0.25) is 0 Å². The normalized spacial score (nSPS) is 12.6. The molecule has 0 aliphatic rings. The zero-order valence-corrected chi connectivity index (χ0v) is 12.1. The fourth-order valence-electron chi connectivity index (χ4n) is 1.30. The topological polar surface area (TPSA) is 40.9 Å². The van der Waals surface area contributed by atoms with Crippen molar-refractivity contribution in [3.05, 3.63) is 30.1 Å². The predicted molar refractivity (Wildman–Crippen MR) is 72.6 cm³/mol. The Labute approximate surface area is 111 Å². The standard InChI is InChI=1S/C12H17N4Se/c1-4-16(5-2)12(17)15-14-10(3)11-8-6-7-9-13-11/h6-9H,4-5H2,1-3H3. The summed E-state index contributed by atoms with van der Waals surface area (Å²) in [4.78, 5) is 6.32. The Morgan fingerprint density at radius 2 is 2.00 bits per heavy atom. The molecule has 0 aliphatic carbocycles. The van der Waals surface area contributed by atoms with Crippen LogP contribution in [0.15, 0.2) is 34.6 Å². The van der Waals surface area contributed by atoms with E-state index in [2.05, 4.69) is 49.9 Å². The number of aromatic nitrogens is 1. The van der Waals surface area contributed by atoms with Crippen LogP contribution in [-0.4, -0.2) is 49.4 Å². The first kappa shape index (κ1) is 13.9. The Kier molecular flexibility index (Phi) is 5.87. The fraction of sp³-hybridized carbons (Fsp3) is 0.417. The Bertz CT molecular complexity index is 396. The van der Waals surface area contributed by atoms with Crippen LogP contribution in [0.1, 0.15) is 26.5 Å². The van der Waals surface area contributed by atoms with Gasteiger partial charge in [-0.25, -0.2) is 0 Å². The maximum absolute atomic E-state index is 4.22. The molecule has 0 atom stereocenters. The van der Waals surface area contributed by atoms with Crippen LogP contribution in [0.5, 0.6) is 0 Å². The van der Waals surface area contributed by atoms with Crippen molar-refractivity contribution in [2.45, 2.75) is 20.8 Å². The molecule has 0 fully saturated rings. The quantitative estimate of drug-likeness (QED) is 0.367. The van der Waals surface area contributed by atoms with E-state index < -0.39 is 0 Å². The molecule has 5 heteroatoms. The third-order valence-electron chi connectivity index (χ3n) is 2.36. The summed E-state index contributed by atoms with van der Waals surface area (Å²) >= 11 is 2.93. The summed E-state index contributed by atoms with van der Waals surface area (Å²) in [5.74, 6) is 0. The van der Waals surface area contributed by atoms with Gasteiger partial charge in [-0.2, -0.15) is 0 Å². The Morgan fingerprint density at radius 1 is 1.29 bits per heavy atom. The molecule has 0 saturated heterocycles. The molecule has 0 bridgehead atoms. The van der Waals surface area contributed by atoms with Gasteiger partial charge in [0.1, 0.15) is 0 Å². The summed E-state index contributed by atoms with van der Waals surface area (Å²) in [6.45, 7) is 7.92. The molecule has 1 rings (SSSR count). The van der Waals surface area contributed by atoms with E-state index in [4.69, 9.17) is 0 Å². The number of pyridine rings is 1. The summed E-state index contributed by atoms with van der Waals surface area (Å²) < 4.78 is 0.810. The number of hydrogen-bond donors (Lipinski definition) is 0. The van der Waals surface area contributed by atoms with Gasteiger partial charge in [0.25, 0.3) is 0 Å². The SMILES string of the molecule is CCN(CC)C([Se])=NN=C(C)c1ccccn1. The van der Waals surface area contributed by atoms with Gasteiger partial charge in [-0.3, -0.25) is 0 Å². The van der Waals surface area contributed by atoms with Crippen LogP contribution in [0, 0.1) is 0 Å². The second kappa shape index (κ2) is 7.20. The van der Waals surface area contributed by atoms with Crippen molar-refractivity contribution < 1.29 is 0 Å². The summed E-state index contributed by atoms with van der Waals surface area (Å²) in [6, 6.07) is 5.74. The van der Waals surface area contributed by atoms with Crippen LogP contribution >= 0.6 is 0 Å². The Morgan fingerprint density at radius 3 is 2.53 bits per heavy atom. The van der Waals surface area contributed by atoms with Crippen LogP contribution in [0.25, 0.3) is 0 Å². The Hall–Kier alpha value is -1.19. The van der Waals surface area contributed by atoms with Gasteiger partial charge in [0.15, 0.2) is 0 Å².